The van der Waals surface area contributed by atoms with Gasteiger partial charge in [-0.05, 0) is 30.0 Å². The van der Waals surface area contributed by atoms with E-state index in [1.165, 1.54) is 23.3 Å². The predicted octanol–water partition coefficient (Wildman–Crippen LogP) is 1.50. The van der Waals surface area contributed by atoms with Crippen molar-refractivity contribution in [3.05, 3.63) is 77.9 Å². The minimum atomic E-state index is -0.933. The molecule has 0 amide bonds. The van der Waals surface area contributed by atoms with Crippen molar-refractivity contribution in [2.24, 2.45) is 0 Å². The van der Waals surface area contributed by atoms with Crippen molar-refractivity contribution in [3.8, 4) is 0 Å². The molecule has 1 saturated heterocycles. The molecule has 2 heterocycles. The fourth-order valence-electron chi connectivity index (χ4n) is 5.03. The molecule has 2 aliphatic heterocycles. The number of quaternary nitrogens is 1. The van der Waals surface area contributed by atoms with Gasteiger partial charge in [0.25, 0.3) is 0 Å². The summed E-state index contributed by atoms with van der Waals surface area (Å²) >= 11 is 1.73. The highest BCUT2D eigenvalue weighted by Crippen LogP contribution is 2.51. The van der Waals surface area contributed by atoms with E-state index in [4.69, 9.17) is 0 Å². The number of fused-ring (bicyclic) bond motifs is 3. The Balaban J connectivity index is 0.00000196. The van der Waals surface area contributed by atoms with E-state index in [9.17, 15) is 5.11 Å². The second-order valence-corrected chi connectivity index (χ2v) is 8.29. The van der Waals surface area contributed by atoms with Gasteiger partial charge >= 0.3 is 0 Å². The fraction of sp³-hybridized carbons (Fsp3) is 0.364. The van der Waals surface area contributed by atoms with Crippen LogP contribution in [0.4, 0.5) is 0 Å². The Kier molecular flexibility index (Phi) is 5.69. The minimum absolute atomic E-state index is 0. The van der Waals surface area contributed by atoms with Gasteiger partial charge < -0.3 is 26.6 Å². The molecular weight excluding hydrogens is 406 g/mol. The molecule has 1 fully saturated rings. The molecule has 0 saturated carbocycles. The zero-order valence-electron chi connectivity index (χ0n) is 15.2. The number of hydrogen-bond acceptors (Lipinski definition) is 2. The van der Waals surface area contributed by atoms with Crippen LogP contribution < -0.4 is 17.0 Å². The SMILES string of the molecule is C=CC[N@@+]12CCC[C@@H]1c1ccccc1[C@@](O)(c1ccc(SC)cc1)C2.[Br-]. The first-order chi connectivity index (χ1) is 12.1. The van der Waals surface area contributed by atoms with E-state index >= 15 is 0 Å². The van der Waals surface area contributed by atoms with Crippen LogP contribution in [0.5, 0.6) is 0 Å². The molecule has 2 aromatic rings. The molecule has 0 aliphatic carbocycles. The lowest BCUT2D eigenvalue weighted by Gasteiger charge is -2.50. The standard InChI is InChI=1S/C22H26NOS.BrH/c1-3-14-23-15-6-9-21(23)19-7-4-5-8-20(19)22(24,16-23)17-10-12-18(25-2)13-11-17;/h3-5,7-8,10-13,21,24H,1,6,9,14-16H2,2H3;1H/q+1;/p-1/t21-,22+,23+;/m1./s1. The summed E-state index contributed by atoms with van der Waals surface area (Å²) in [5.41, 5.74) is 2.49. The van der Waals surface area contributed by atoms with Crippen molar-refractivity contribution < 1.29 is 26.6 Å². The van der Waals surface area contributed by atoms with Crippen LogP contribution >= 0.6 is 11.8 Å². The van der Waals surface area contributed by atoms with Gasteiger partial charge in [0.15, 0.2) is 5.60 Å². The van der Waals surface area contributed by atoms with Crippen molar-refractivity contribution in [1.82, 2.24) is 0 Å². The molecule has 0 spiro atoms. The van der Waals surface area contributed by atoms with Crippen molar-refractivity contribution in [2.75, 3.05) is 25.9 Å². The summed E-state index contributed by atoms with van der Waals surface area (Å²) in [6, 6.07) is 17.4. The highest BCUT2D eigenvalue weighted by atomic mass is 79.9. The van der Waals surface area contributed by atoms with Crippen molar-refractivity contribution in [3.63, 3.8) is 0 Å². The lowest BCUT2D eigenvalue weighted by Crippen LogP contribution is -3.00. The van der Waals surface area contributed by atoms with Crippen LogP contribution in [0.25, 0.3) is 0 Å². The van der Waals surface area contributed by atoms with Crippen LogP contribution in [-0.2, 0) is 5.60 Å². The molecule has 2 aromatic carbocycles. The van der Waals surface area contributed by atoms with E-state index < -0.39 is 5.60 Å². The topological polar surface area (TPSA) is 20.2 Å². The maximum absolute atomic E-state index is 11.9. The third kappa shape index (κ3) is 2.97. The van der Waals surface area contributed by atoms with Crippen LogP contribution in [0.15, 0.2) is 66.1 Å². The molecule has 0 aromatic heterocycles. The molecule has 0 unspecified atom stereocenters. The molecule has 2 aliphatic rings. The summed E-state index contributed by atoms with van der Waals surface area (Å²) in [4.78, 5) is 1.23. The Labute approximate surface area is 171 Å². The maximum Gasteiger partial charge on any atom is 0.164 e. The van der Waals surface area contributed by atoms with Gasteiger partial charge in [-0.2, -0.15) is 0 Å². The Morgan fingerprint density at radius 3 is 2.65 bits per heavy atom. The van der Waals surface area contributed by atoms with Gasteiger partial charge in [0.2, 0.25) is 0 Å². The van der Waals surface area contributed by atoms with Gasteiger partial charge in [-0.15, -0.1) is 11.8 Å². The van der Waals surface area contributed by atoms with Crippen LogP contribution in [0, 0.1) is 0 Å². The van der Waals surface area contributed by atoms with E-state index in [-0.39, 0.29) is 17.0 Å². The summed E-state index contributed by atoms with van der Waals surface area (Å²) in [7, 11) is 0. The van der Waals surface area contributed by atoms with Gasteiger partial charge in [0.1, 0.15) is 12.6 Å². The van der Waals surface area contributed by atoms with Crippen LogP contribution in [0.3, 0.4) is 0 Å². The Hall–Kier alpha value is -1.07. The molecule has 4 rings (SSSR count). The van der Waals surface area contributed by atoms with Crippen molar-refractivity contribution >= 4 is 11.8 Å². The van der Waals surface area contributed by atoms with Crippen molar-refractivity contribution in [1.29, 1.82) is 0 Å². The van der Waals surface area contributed by atoms with Gasteiger partial charge in [0, 0.05) is 28.9 Å². The number of aliphatic hydroxyl groups is 1. The lowest BCUT2D eigenvalue weighted by atomic mass is 9.76. The minimum Gasteiger partial charge on any atom is -1.00 e. The molecule has 2 nitrogen and oxygen atoms in total. The Morgan fingerprint density at radius 1 is 1.23 bits per heavy atom. The lowest BCUT2D eigenvalue weighted by molar-refractivity contribution is -0.948. The third-order valence-corrected chi connectivity index (χ3v) is 6.86. The summed E-state index contributed by atoms with van der Waals surface area (Å²) in [5, 5.41) is 11.9. The zero-order valence-corrected chi connectivity index (χ0v) is 17.6. The molecule has 3 atom stereocenters. The second kappa shape index (κ2) is 7.51. The monoisotopic (exact) mass is 431 g/mol. The number of rotatable bonds is 4. The van der Waals surface area contributed by atoms with Crippen LogP contribution in [0.2, 0.25) is 0 Å². The van der Waals surface area contributed by atoms with Gasteiger partial charge in [-0.3, -0.25) is 0 Å². The smallest absolute Gasteiger partial charge is 0.164 e. The summed E-state index contributed by atoms with van der Waals surface area (Å²) in [6.45, 7) is 6.79. The van der Waals surface area contributed by atoms with E-state index in [1.54, 1.807) is 11.8 Å². The van der Waals surface area contributed by atoms with Crippen LogP contribution in [0.1, 0.15) is 35.6 Å². The molecule has 0 bridgehead atoms. The Bertz CT molecular complexity index is 793. The Morgan fingerprint density at radius 2 is 1.96 bits per heavy atom. The van der Waals surface area contributed by atoms with E-state index in [2.05, 4.69) is 61.4 Å². The molecule has 0 radical (unpaired) electrons. The first-order valence-electron chi connectivity index (χ1n) is 9.06. The highest BCUT2D eigenvalue weighted by Gasteiger charge is 2.54. The predicted molar refractivity (Wildman–Crippen MR) is 105 cm³/mol. The zero-order chi connectivity index (χ0) is 17.5. The largest absolute Gasteiger partial charge is 1.00 e. The number of halogens is 1. The van der Waals surface area contributed by atoms with Gasteiger partial charge in [-0.1, -0.05) is 43.0 Å². The molecule has 1 N–H and O–H groups in total. The first-order valence-corrected chi connectivity index (χ1v) is 10.3. The van der Waals surface area contributed by atoms with E-state index in [0.717, 1.165) is 35.2 Å². The van der Waals surface area contributed by atoms with Gasteiger partial charge in [-0.25, -0.2) is 0 Å². The van der Waals surface area contributed by atoms with E-state index in [0.29, 0.717) is 6.04 Å². The second-order valence-electron chi connectivity index (χ2n) is 7.41. The highest BCUT2D eigenvalue weighted by molar-refractivity contribution is 7.98. The summed E-state index contributed by atoms with van der Waals surface area (Å²) in [5.74, 6) is 0. The normalized spacial score (nSPS) is 29.4. The van der Waals surface area contributed by atoms with E-state index in [1.807, 2.05) is 6.08 Å². The average Bonchev–Trinajstić information content (AvgIpc) is 3.05. The number of thioether (sulfide) groups is 1. The number of benzene rings is 2. The third-order valence-electron chi connectivity index (χ3n) is 6.11. The fourth-order valence-corrected chi connectivity index (χ4v) is 5.44. The molecule has 4 heteroatoms. The number of nitrogens with zero attached hydrogens (tertiary/aromatic N) is 1. The number of hydrogen-bond donors (Lipinski definition) is 1. The quantitative estimate of drug-likeness (QED) is 0.449. The summed E-state index contributed by atoms with van der Waals surface area (Å²) in [6.07, 6.45) is 6.53. The molecule has 26 heavy (non-hydrogen) atoms. The maximum atomic E-state index is 11.9. The average molecular weight is 432 g/mol. The molecular formula is C22H26BrNOS. The molecule has 138 valence electrons. The van der Waals surface area contributed by atoms with Crippen LogP contribution in [-0.4, -0.2) is 35.5 Å². The van der Waals surface area contributed by atoms with Crippen molar-refractivity contribution in [2.45, 2.75) is 29.4 Å². The first kappa shape index (κ1) is 19.7. The van der Waals surface area contributed by atoms with Gasteiger partial charge in [0.05, 0.1) is 13.1 Å². The summed E-state index contributed by atoms with van der Waals surface area (Å²) < 4.78 is 0.932.